The third-order valence-electron chi connectivity index (χ3n) is 3.36. The Morgan fingerprint density at radius 3 is 2.52 bits per heavy atom. The highest BCUT2D eigenvalue weighted by molar-refractivity contribution is 5.90. The quantitative estimate of drug-likeness (QED) is 0.930. The van der Waals surface area contributed by atoms with Crippen LogP contribution in [-0.4, -0.2) is 25.1 Å². The molecule has 0 heterocycles. The third-order valence-corrected chi connectivity index (χ3v) is 3.36. The van der Waals surface area contributed by atoms with Gasteiger partial charge in [0.1, 0.15) is 5.75 Å². The van der Waals surface area contributed by atoms with Crippen molar-refractivity contribution < 1.29 is 9.53 Å². The molecular formula is C17H20N2O2. The molecule has 0 saturated carbocycles. The van der Waals surface area contributed by atoms with Gasteiger partial charge in [0.25, 0.3) is 0 Å². The highest BCUT2D eigenvalue weighted by Gasteiger charge is 2.12. The Kier molecular flexibility index (Phi) is 4.82. The summed E-state index contributed by atoms with van der Waals surface area (Å²) in [6.07, 6.45) is 0. The molecule has 0 radical (unpaired) electrons. The van der Waals surface area contributed by atoms with Gasteiger partial charge < -0.3 is 15.0 Å². The molecule has 2 aromatic carbocycles. The number of nitrogens with zero attached hydrogens (tertiary/aromatic N) is 1. The first-order chi connectivity index (χ1) is 10.1. The summed E-state index contributed by atoms with van der Waals surface area (Å²) in [4.78, 5) is 13.9. The van der Waals surface area contributed by atoms with Crippen LogP contribution in [0.4, 0.5) is 10.5 Å². The van der Waals surface area contributed by atoms with Crippen molar-refractivity contribution in [1.82, 2.24) is 4.90 Å². The van der Waals surface area contributed by atoms with E-state index >= 15 is 0 Å². The predicted octanol–water partition coefficient (Wildman–Crippen LogP) is 3.67. The molecule has 0 atom stereocenters. The molecular weight excluding hydrogens is 264 g/mol. The summed E-state index contributed by atoms with van der Waals surface area (Å²) in [5, 5.41) is 2.86. The molecule has 0 aromatic heterocycles. The molecule has 4 heteroatoms. The van der Waals surface area contributed by atoms with E-state index in [1.807, 2.05) is 55.5 Å². The molecule has 0 spiro atoms. The number of methoxy groups -OCH3 is 1. The van der Waals surface area contributed by atoms with E-state index in [0.717, 1.165) is 5.56 Å². The monoisotopic (exact) mass is 284 g/mol. The summed E-state index contributed by atoms with van der Waals surface area (Å²) in [6.45, 7) is 2.61. The number of hydrogen-bond donors (Lipinski definition) is 1. The Bertz CT molecular complexity index is 626. The topological polar surface area (TPSA) is 41.6 Å². The van der Waals surface area contributed by atoms with Crippen molar-refractivity contribution in [3.05, 3.63) is 59.7 Å². The number of benzene rings is 2. The van der Waals surface area contributed by atoms with Gasteiger partial charge >= 0.3 is 6.03 Å². The summed E-state index contributed by atoms with van der Waals surface area (Å²) in [6, 6.07) is 15.2. The number of para-hydroxylation sites is 2. The van der Waals surface area contributed by atoms with Crippen LogP contribution >= 0.6 is 0 Å². The van der Waals surface area contributed by atoms with Gasteiger partial charge in [0.2, 0.25) is 0 Å². The average molecular weight is 284 g/mol. The van der Waals surface area contributed by atoms with Gasteiger partial charge in [0.15, 0.2) is 0 Å². The van der Waals surface area contributed by atoms with E-state index in [-0.39, 0.29) is 6.03 Å². The lowest BCUT2D eigenvalue weighted by atomic mass is 10.1. The maximum absolute atomic E-state index is 12.3. The highest BCUT2D eigenvalue weighted by atomic mass is 16.5. The van der Waals surface area contributed by atoms with Crippen molar-refractivity contribution in [1.29, 1.82) is 0 Å². The summed E-state index contributed by atoms with van der Waals surface area (Å²) < 4.78 is 5.23. The van der Waals surface area contributed by atoms with Crippen molar-refractivity contribution in [3.63, 3.8) is 0 Å². The Morgan fingerprint density at radius 2 is 1.81 bits per heavy atom. The van der Waals surface area contributed by atoms with Gasteiger partial charge in [-0.1, -0.05) is 36.4 Å². The minimum atomic E-state index is -0.164. The second kappa shape index (κ2) is 6.79. The Morgan fingerprint density at radius 1 is 1.14 bits per heavy atom. The van der Waals surface area contributed by atoms with E-state index < -0.39 is 0 Å². The minimum absolute atomic E-state index is 0.164. The molecule has 2 rings (SSSR count). The summed E-state index contributed by atoms with van der Waals surface area (Å²) in [7, 11) is 3.36. The van der Waals surface area contributed by atoms with Crippen LogP contribution in [0.2, 0.25) is 0 Å². The zero-order chi connectivity index (χ0) is 15.2. The number of carbonyl (C=O) groups is 1. The van der Waals surface area contributed by atoms with Crippen LogP contribution in [0.5, 0.6) is 5.75 Å². The molecule has 110 valence electrons. The second-order valence-corrected chi connectivity index (χ2v) is 4.91. The van der Waals surface area contributed by atoms with Crippen molar-refractivity contribution in [2.24, 2.45) is 0 Å². The van der Waals surface area contributed by atoms with Crippen molar-refractivity contribution in [2.45, 2.75) is 13.5 Å². The molecule has 0 fully saturated rings. The van der Waals surface area contributed by atoms with Gasteiger partial charge in [-0.05, 0) is 30.2 Å². The van der Waals surface area contributed by atoms with Crippen LogP contribution in [0, 0.1) is 6.92 Å². The number of anilines is 1. The lowest BCUT2D eigenvalue weighted by Gasteiger charge is -2.20. The van der Waals surface area contributed by atoms with Gasteiger partial charge in [-0.15, -0.1) is 0 Å². The number of rotatable bonds is 4. The van der Waals surface area contributed by atoms with Crippen LogP contribution in [0.3, 0.4) is 0 Å². The lowest BCUT2D eigenvalue weighted by molar-refractivity contribution is 0.220. The van der Waals surface area contributed by atoms with Gasteiger partial charge in [-0.3, -0.25) is 0 Å². The molecule has 0 aliphatic heterocycles. The summed E-state index contributed by atoms with van der Waals surface area (Å²) in [5.74, 6) is 0.648. The fourth-order valence-corrected chi connectivity index (χ4v) is 2.07. The third kappa shape index (κ3) is 3.75. The van der Waals surface area contributed by atoms with Crippen molar-refractivity contribution >= 4 is 11.7 Å². The summed E-state index contributed by atoms with van der Waals surface area (Å²) in [5.41, 5.74) is 2.98. The fourth-order valence-electron chi connectivity index (χ4n) is 2.07. The Hall–Kier alpha value is -2.49. The molecule has 1 N–H and O–H groups in total. The normalized spacial score (nSPS) is 10.0. The zero-order valence-electron chi connectivity index (χ0n) is 12.6. The van der Waals surface area contributed by atoms with Crippen molar-refractivity contribution in [3.8, 4) is 5.75 Å². The molecule has 4 nitrogen and oxygen atoms in total. The van der Waals surface area contributed by atoms with E-state index in [2.05, 4.69) is 5.32 Å². The second-order valence-electron chi connectivity index (χ2n) is 4.91. The van der Waals surface area contributed by atoms with E-state index in [0.29, 0.717) is 18.0 Å². The molecule has 2 amide bonds. The van der Waals surface area contributed by atoms with E-state index in [1.54, 1.807) is 19.1 Å². The first-order valence-corrected chi connectivity index (χ1v) is 6.81. The van der Waals surface area contributed by atoms with Gasteiger partial charge in [0.05, 0.1) is 12.8 Å². The molecule has 21 heavy (non-hydrogen) atoms. The van der Waals surface area contributed by atoms with E-state index in [1.165, 1.54) is 5.56 Å². The smallest absolute Gasteiger partial charge is 0.321 e. The maximum atomic E-state index is 12.3. The number of hydrogen-bond acceptors (Lipinski definition) is 2. The first-order valence-electron chi connectivity index (χ1n) is 6.81. The van der Waals surface area contributed by atoms with Gasteiger partial charge in [-0.2, -0.15) is 0 Å². The number of carbonyl (C=O) groups excluding carboxylic acids is 1. The number of aryl methyl sites for hydroxylation is 1. The highest BCUT2D eigenvalue weighted by Crippen LogP contribution is 2.23. The molecule has 0 aliphatic carbocycles. The van der Waals surface area contributed by atoms with Gasteiger partial charge in [-0.25, -0.2) is 4.79 Å². The van der Waals surface area contributed by atoms with Crippen LogP contribution in [0.1, 0.15) is 11.1 Å². The molecule has 0 bridgehead atoms. The van der Waals surface area contributed by atoms with Crippen LogP contribution < -0.4 is 10.1 Å². The van der Waals surface area contributed by atoms with E-state index in [9.17, 15) is 4.79 Å². The first kappa shape index (κ1) is 14.9. The standard InChI is InChI=1S/C17H20N2O2/c1-13-8-4-5-9-14(13)12-19(2)17(20)18-15-10-6-7-11-16(15)21-3/h4-11H,12H2,1-3H3,(H,18,20). The molecule has 2 aromatic rings. The van der Waals surface area contributed by atoms with Crippen LogP contribution in [0.15, 0.2) is 48.5 Å². The number of ether oxygens (including phenoxy) is 1. The molecule has 0 saturated heterocycles. The summed E-state index contributed by atoms with van der Waals surface area (Å²) >= 11 is 0. The van der Waals surface area contributed by atoms with Crippen LogP contribution in [0.25, 0.3) is 0 Å². The Labute approximate surface area is 125 Å². The largest absolute Gasteiger partial charge is 0.495 e. The van der Waals surface area contributed by atoms with Crippen LogP contribution in [-0.2, 0) is 6.54 Å². The molecule has 0 aliphatic rings. The minimum Gasteiger partial charge on any atom is -0.495 e. The lowest BCUT2D eigenvalue weighted by Crippen LogP contribution is -2.31. The SMILES string of the molecule is COc1ccccc1NC(=O)N(C)Cc1ccccc1C. The number of urea groups is 1. The molecule has 0 unspecified atom stereocenters. The van der Waals surface area contributed by atoms with Gasteiger partial charge in [0, 0.05) is 13.6 Å². The van der Waals surface area contributed by atoms with Crippen molar-refractivity contribution in [2.75, 3.05) is 19.5 Å². The van der Waals surface area contributed by atoms with E-state index in [4.69, 9.17) is 4.74 Å². The number of nitrogens with one attached hydrogen (secondary N) is 1. The number of amides is 2. The Balaban J connectivity index is 2.05. The average Bonchev–Trinajstić information content (AvgIpc) is 2.50. The maximum Gasteiger partial charge on any atom is 0.321 e. The predicted molar refractivity (Wildman–Crippen MR) is 84.7 cm³/mol. The zero-order valence-corrected chi connectivity index (χ0v) is 12.6. The fraction of sp³-hybridized carbons (Fsp3) is 0.235.